The zero-order valence-electron chi connectivity index (χ0n) is 13.0. The summed E-state index contributed by atoms with van der Waals surface area (Å²) in [4.78, 5) is 23.7. The summed E-state index contributed by atoms with van der Waals surface area (Å²) < 4.78 is 5.29. The smallest absolute Gasteiger partial charge is 0.334 e. The van der Waals surface area contributed by atoms with Crippen LogP contribution in [0.5, 0.6) is 0 Å². The second kappa shape index (κ2) is 9.37. The lowest BCUT2D eigenvalue weighted by Crippen LogP contribution is -2.36. The minimum absolute atomic E-state index is 0.193. The van der Waals surface area contributed by atoms with E-state index in [0.717, 1.165) is 19.3 Å². The van der Waals surface area contributed by atoms with Gasteiger partial charge in [0.05, 0.1) is 0 Å². The second-order valence-corrected chi connectivity index (χ2v) is 5.54. The van der Waals surface area contributed by atoms with Crippen molar-refractivity contribution in [1.29, 1.82) is 0 Å². The standard InChI is InChI=1S/C17H27NO3/c1-4-6-7-8-9-10-11-14-15(13(3)17(20)21-14)16(19)18-12-5-2/h5,14-15H,2-4,6-12H2,1H3,(H,18,19). The molecule has 4 nitrogen and oxygen atoms in total. The van der Waals surface area contributed by atoms with E-state index in [4.69, 9.17) is 4.74 Å². The average molecular weight is 293 g/mol. The van der Waals surface area contributed by atoms with Crippen molar-refractivity contribution >= 4 is 11.9 Å². The van der Waals surface area contributed by atoms with E-state index in [1.807, 2.05) is 0 Å². The molecule has 1 fully saturated rings. The lowest BCUT2D eigenvalue weighted by Gasteiger charge is -2.17. The molecule has 1 heterocycles. The first-order chi connectivity index (χ1) is 10.1. The van der Waals surface area contributed by atoms with Crippen LogP contribution < -0.4 is 5.32 Å². The molecule has 1 aliphatic heterocycles. The molecule has 0 aromatic rings. The molecule has 1 amide bonds. The summed E-state index contributed by atoms with van der Waals surface area (Å²) in [6, 6.07) is 0. The van der Waals surface area contributed by atoms with Gasteiger partial charge in [-0.2, -0.15) is 0 Å². The molecule has 0 aromatic carbocycles. The lowest BCUT2D eigenvalue weighted by atomic mass is 9.92. The molecule has 0 aromatic heterocycles. The maximum Gasteiger partial charge on any atom is 0.334 e. The largest absolute Gasteiger partial charge is 0.458 e. The van der Waals surface area contributed by atoms with E-state index in [2.05, 4.69) is 25.4 Å². The summed E-state index contributed by atoms with van der Waals surface area (Å²) >= 11 is 0. The average Bonchev–Trinajstić information content (AvgIpc) is 2.75. The normalized spacial score (nSPS) is 21.2. The topological polar surface area (TPSA) is 55.4 Å². The van der Waals surface area contributed by atoms with Gasteiger partial charge in [-0.1, -0.05) is 51.7 Å². The lowest BCUT2D eigenvalue weighted by molar-refractivity contribution is -0.140. The van der Waals surface area contributed by atoms with Gasteiger partial charge in [-0.25, -0.2) is 4.79 Å². The monoisotopic (exact) mass is 293 g/mol. The van der Waals surface area contributed by atoms with Crippen molar-refractivity contribution in [3.8, 4) is 0 Å². The Bertz CT molecular complexity index is 389. The molecule has 118 valence electrons. The maximum atomic E-state index is 12.1. The minimum Gasteiger partial charge on any atom is -0.458 e. The Morgan fingerprint density at radius 2 is 1.95 bits per heavy atom. The van der Waals surface area contributed by atoms with Crippen LogP contribution in [0.15, 0.2) is 24.8 Å². The number of cyclic esters (lactones) is 1. The van der Waals surface area contributed by atoms with E-state index >= 15 is 0 Å². The molecular weight excluding hydrogens is 266 g/mol. The maximum absolute atomic E-state index is 12.1. The number of rotatable bonds is 10. The van der Waals surface area contributed by atoms with E-state index in [0.29, 0.717) is 6.54 Å². The molecule has 0 aliphatic carbocycles. The Hall–Kier alpha value is -1.58. The molecule has 1 saturated heterocycles. The van der Waals surface area contributed by atoms with Crippen LogP contribution in [0.4, 0.5) is 0 Å². The number of hydrogen-bond donors (Lipinski definition) is 1. The van der Waals surface area contributed by atoms with Gasteiger partial charge in [-0.05, 0) is 12.8 Å². The Kier molecular flexibility index (Phi) is 7.80. The van der Waals surface area contributed by atoms with E-state index in [1.54, 1.807) is 6.08 Å². The second-order valence-electron chi connectivity index (χ2n) is 5.54. The number of esters is 1. The number of carbonyl (C=O) groups is 2. The number of hydrogen-bond acceptors (Lipinski definition) is 3. The van der Waals surface area contributed by atoms with Crippen LogP contribution in [0.3, 0.4) is 0 Å². The van der Waals surface area contributed by atoms with Crippen molar-refractivity contribution in [1.82, 2.24) is 5.32 Å². The van der Waals surface area contributed by atoms with Crippen molar-refractivity contribution in [3.63, 3.8) is 0 Å². The van der Waals surface area contributed by atoms with E-state index in [-0.39, 0.29) is 17.6 Å². The highest BCUT2D eigenvalue weighted by Gasteiger charge is 2.42. The molecule has 0 saturated carbocycles. The predicted molar refractivity (Wildman–Crippen MR) is 83.7 cm³/mol. The fraction of sp³-hybridized carbons (Fsp3) is 0.647. The number of ether oxygens (including phenoxy) is 1. The third kappa shape index (κ3) is 5.37. The first kappa shape index (κ1) is 17.5. The minimum atomic E-state index is -0.548. The van der Waals surface area contributed by atoms with Crippen LogP contribution >= 0.6 is 0 Å². The summed E-state index contributed by atoms with van der Waals surface area (Å²) in [6.45, 7) is 9.85. The quantitative estimate of drug-likeness (QED) is 0.291. The van der Waals surface area contributed by atoms with Gasteiger partial charge in [-0.3, -0.25) is 4.79 Å². The van der Waals surface area contributed by atoms with Crippen molar-refractivity contribution in [2.24, 2.45) is 5.92 Å². The summed E-state index contributed by atoms with van der Waals surface area (Å²) in [6.07, 6.45) is 9.00. The van der Waals surface area contributed by atoms with Crippen LogP contribution in [0.1, 0.15) is 51.9 Å². The molecule has 0 spiro atoms. The van der Waals surface area contributed by atoms with Gasteiger partial charge in [0.15, 0.2) is 0 Å². The molecule has 1 aliphatic rings. The Morgan fingerprint density at radius 3 is 2.62 bits per heavy atom. The van der Waals surface area contributed by atoms with Gasteiger partial charge in [0.1, 0.15) is 12.0 Å². The summed E-state index contributed by atoms with van der Waals surface area (Å²) in [5.74, 6) is -1.18. The Balaban J connectivity index is 2.42. The van der Waals surface area contributed by atoms with E-state index in [9.17, 15) is 9.59 Å². The van der Waals surface area contributed by atoms with Crippen LogP contribution in [-0.2, 0) is 14.3 Å². The third-order valence-electron chi connectivity index (χ3n) is 3.81. The summed E-state index contributed by atoms with van der Waals surface area (Å²) in [7, 11) is 0. The molecule has 4 heteroatoms. The molecule has 2 unspecified atom stereocenters. The van der Waals surface area contributed by atoms with Crippen LogP contribution in [0.25, 0.3) is 0 Å². The fourth-order valence-electron chi connectivity index (χ4n) is 2.59. The van der Waals surface area contributed by atoms with Gasteiger partial charge in [-0.15, -0.1) is 6.58 Å². The zero-order chi connectivity index (χ0) is 15.7. The highest BCUT2D eigenvalue weighted by atomic mass is 16.6. The van der Waals surface area contributed by atoms with Crippen molar-refractivity contribution in [3.05, 3.63) is 24.8 Å². The van der Waals surface area contributed by atoms with Gasteiger partial charge in [0.2, 0.25) is 5.91 Å². The molecular formula is C17H27NO3. The number of unbranched alkanes of at least 4 members (excludes halogenated alkanes) is 5. The Labute approximate surface area is 127 Å². The molecule has 2 atom stereocenters. The van der Waals surface area contributed by atoms with Crippen molar-refractivity contribution in [2.45, 2.75) is 58.0 Å². The Morgan fingerprint density at radius 1 is 1.29 bits per heavy atom. The van der Waals surface area contributed by atoms with Gasteiger partial charge >= 0.3 is 5.97 Å². The number of nitrogens with one attached hydrogen (secondary N) is 1. The molecule has 0 bridgehead atoms. The van der Waals surface area contributed by atoms with Crippen molar-refractivity contribution in [2.75, 3.05) is 6.54 Å². The fourth-order valence-corrected chi connectivity index (χ4v) is 2.59. The van der Waals surface area contributed by atoms with E-state index < -0.39 is 11.9 Å². The van der Waals surface area contributed by atoms with Crippen LogP contribution in [0, 0.1) is 5.92 Å². The highest BCUT2D eigenvalue weighted by molar-refractivity contribution is 5.99. The summed E-state index contributed by atoms with van der Waals surface area (Å²) in [5, 5.41) is 2.72. The predicted octanol–water partition coefficient (Wildman–Crippen LogP) is 3.14. The summed E-state index contributed by atoms with van der Waals surface area (Å²) in [5.41, 5.74) is 0.271. The first-order valence-corrected chi connectivity index (χ1v) is 7.90. The van der Waals surface area contributed by atoms with E-state index in [1.165, 1.54) is 25.7 Å². The van der Waals surface area contributed by atoms with Crippen LogP contribution in [-0.4, -0.2) is 24.5 Å². The van der Waals surface area contributed by atoms with Gasteiger partial charge in [0, 0.05) is 12.1 Å². The molecule has 1 rings (SSSR count). The zero-order valence-corrected chi connectivity index (χ0v) is 13.0. The highest BCUT2D eigenvalue weighted by Crippen LogP contribution is 2.30. The van der Waals surface area contributed by atoms with Gasteiger partial charge < -0.3 is 10.1 Å². The number of amides is 1. The molecule has 1 N–H and O–H groups in total. The van der Waals surface area contributed by atoms with Crippen LogP contribution in [0.2, 0.25) is 0 Å². The third-order valence-corrected chi connectivity index (χ3v) is 3.81. The van der Waals surface area contributed by atoms with Crippen molar-refractivity contribution < 1.29 is 14.3 Å². The molecule has 0 radical (unpaired) electrons. The van der Waals surface area contributed by atoms with Gasteiger partial charge in [0.25, 0.3) is 0 Å². The molecule has 21 heavy (non-hydrogen) atoms. The number of carbonyl (C=O) groups excluding carboxylic acids is 2. The first-order valence-electron chi connectivity index (χ1n) is 7.90. The SMILES string of the molecule is C=CCNC(=O)C1C(=C)C(=O)OC1CCCCCCCC.